The fourth-order valence-electron chi connectivity index (χ4n) is 1.00. The van der Waals surface area contributed by atoms with Gasteiger partial charge in [0.05, 0.1) is 6.10 Å². The summed E-state index contributed by atoms with van der Waals surface area (Å²) < 4.78 is 6.24. The standard InChI is InChI=1S/C9H11N5OS2/c1-5(2)15-7-12-6(10)13-8(14-7)17-9-11-3-4-16-9/h3-5H,1-2H3,(H2,10,12,13,14). The van der Waals surface area contributed by atoms with Gasteiger partial charge in [0.1, 0.15) is 0 Å². The lowest BCUT2D eigenvalue weighted by atomic mass is 10.5. The summed E-state index contributed by atoms with van der Waals surface area (Å²) in [5, 5.41) is 2.38. The lowest BCUT2D eigenvalue weighted by molar-refractivity contribution is 0.219. The summed E-state index contributed by atoms with van der Waals surface area (Å²) in [5.74, 6) is 0.148. The number of ether oxygens (including phenoxy) is 1. The van der Waals surface area contributed by atoms with Crippen molar-refractivity contribution in [2.75, 3.05) is 5.73 Å². The van der Waals surface area contributed by atoms with Crippen molar-refractivity contribution in [1.82, 2.24) is 19.9 Å². The number of nitrogens with zero attached hydrogens (tertiary/aromatic N) is 4. The molecule has 0 fully saturated rings. The summed E-state index contributed by atoms with van der Waals surface area (Å²) in [5.41, 5.74) is 5.59. The second-order valence-corrected chi connectivity index (χ2v) is 5.43. The summed E-state index contributed by atoms with van der Waals surface area (Å²) in [7, 11) is 0. The number of thiazole rings is 1. The molecule has 0 saturated heterocycles. The topological polar surface area (TPSA) is 86.8 Å². The van der Waals surface area contributed by atoms with Crippen molar-refractivity contribution in [3.05, 3.63) is 11.6 Å². The maximum absolute atomic E-state index is 5.59. The Kier molecular flexibility index (Phi) is 3.75. The zero-order valence-corrected chi connectivity index (χ0v) is 11.0. The zero-order chi connectivity index (χ0) is 12.3. The normalized spacial score (nSPS) is 10.8. The van der Waals surface area contributed by atoms with Gasteiger partial charge in [-0.15, -0.1) is 11.3 Å². The summed E-state index contributed by atoms with van der Waals surface area (Å²) in [6.07, 6.45) is 1.72. The van der Waals surface area contributed by atoms with Crippen molar-refractivity contribution in [2.24, 2.45) is 0 Å². The number of rotatable bonds is 4. The molecule has 0 atom stereocenters. The van der Waals surface area contributed by atoms with E-state index in [2.05, 4.69) is 19.9 Å². The Bertz CT molecular complexity index is 488. The molecular formula is C9H11N5OS2. The van der Waals surface area contributed by atoms with Crippen LogP contribution in [0.15, 0.2) is 21.1 Å². The predicted octanol–water partition coefficient (Wildman–Crippen LogP) is 1.85. The van der Waals surface area contributed by atoms with Crippen LogP contribution in [0.2, 0.25) is 0 Å². The minimum absolute atomic E-state index is 0.00508. The van der Waals surface area contributed by atoms with E-state index in [1.54, 1.807) is 6.20 Å². The molecule has 0 amide bonds. The molecule has 0 unspecified atom stereocenters. The second kappa shape index (κ2) is 5.28. The van der Waals surface area contributed by atoms with E-state index in [-0.39, 0.29) is 18.1 Å². The van der Waals surface area contributed by atoms with E-state index in [0.29, 0.717) is 5.16 Å². The lowest BCUT2D eigenvalue weighted by Crippen LogP contribution is -2.10. The molecule has 2 rings (SSSR count). The van der Waals surface area contributed by atoms with E-state index < -0.39 is 0 Å². The van der Waals surface area contributed by atoms with Gasteiger partial charge in [0.2, 0.25) is 11.1 Å². The van der Waals surface area contributed by atoms with Crippen molar-refractivity contribution < 1.29 is 4.74 Å². The maximum Gasteiger partial charge on any atom is 0.322 e. The van der Waals surface area contributed by atoms with E-state index in [4.69, 9.17) is 10.5 Å². The highest BCUT2D eigenvalue weighted by Crippen LogP contribution is 2.27. The third-order valence-corrected chi connectivity index (χ3v) is 3.29. The number of hydrogen-bond acceptors (Lipinski definition) is 8. The van der Waals surface area contributed by atoms with Crippen LogP contribution in [0, 0.1) is 0 Å². The monoisotopic (exact) mass is 269 g/mol. The van der Waals surface area contributed by atoms with Gasteiger partial charge in [-0.1, -0.05) is 0 Å². The molecule has 2 N–H and O–H groups in total. The van der Waals surface area contributed by atoms with E-state index in [0.717, 1.165) is 4.34 Å². The first-order chi connectivity index (χ1) is 8.13. The van der Waals surface area contributed by atoms with E-state index in [1.807, 2.05) is 19.2 Å². The Labute approximate surface area is 107 Å². The average Bonchev–Trinajstić information content (AvgIpc) is 2.67. The van der Waals surface area contributed by atoms with Gasteiger partial charge in [-0.05, 0) is 25.6 Å². The van der Waals surface area contributed by atoms with Crippen molar-refractivity contribution in [2.45, 2.75) is 29.4 Å². The molecule has 17 heavy (non-hydrogen) atoms. The lowest BCUT2D eigenvalue weighted by Gasteiger charge is -2.08. The van der Waals surface area contributed by atoms with Crippen LogP contribution >= 0.6 is 23.1 Å². The number of hydrogen-bond donors (Lipinski definition) is 1. The van der Waals surface area contributed by atoms with Crippen molar-refractivity contribution >= 4 is 29.0 Å². The van der Waals surface area contributed by atoms with Crippen LogP contribution in [0.4, 0.5) is 5.95 Å². The first-order valence-electron chi connectivity index (χ1n) is 4.89. The third kappa shape index (κ3) is 3.53. The molecule has 0 aliphatic carbocycles. The number of nitrogens with two attached hydrogens (primary N) is 1. The van der Waals surface area contributed by atoms with E-state index >= 15 is 0 Å². The van der Waals surface area contributed by atoms with Gasteiger partial charge in [0.15, 0.2) is 4.34 Å². The zero-order valence-electron chi connectivity index (χ0n) is 9.32. The first kappa shape index (κ1) is 12.1. The number of aromatic nitrogens is 4. The Morgan fingerprint density at radius 2 is 2.18 bits per heavy atom. The first-order valence-corrected chi connectivity index (χ1v) is 6.58. The molecule has 0 radical (unpaired) electrons. The molecule has 0 aliphatic heterocycles. The van der Waals surface area contributed by atoms with E-state index in [9.17, 15) is 0 Å². The van der Waals surface area contributed by atoms with Crippen LogP contribution in [0.5, 0.6) is 6.01 Å². The maximum atomic E-state index is 5.59. The largest absolute Gasteiger partial charge is 0.461 e. The summed E-state index contributed by atoms with van der Waals surface area (Å²) in [6, 6.07) is 0.242. The molecule has 8 heteroatoms. The van der Waals surface area contributed by atoms with Gasteiger partial charge in [0.25, 0.3) is 0 Å². The highest BCUT2D eigenvalue weighted by Gasteiger charge is 2.09. The quantitative estimate of drug-likeness (QED) is 0.906. The second-order valence-electron chi connectivity index (χ2n) is 3.33. The Hall–Kier alpha value is -1.41. The molecular weight excluding hydrogens is 258 g/mol. The Morgan fingerprint density at radius 3 is 2.82 bits per heavy atom. The fourth-order valence-corrected chi connectivity index (χ4v) is 2.48. The van der Waals surface area contributed by atoms with Gasteiger partial charge >= 0.3 is 6.01 Å². The minimum Gasteiger partial charge on any atom is -0.461 e. The SMILES string of the molecule is CC(C)Oc1nc(N)nc(Sc2nccs2)n1. The molecule has 0 aliphatic rings. The third-order valence-electron chi connectivity index (χ3n) is 1.54. The van der Waals surface area contributed by atoms with Crippen LogP contribution in [0.1, 0.15) is 13.8 Å². The van der Waals surface area contributed by atoms with Crippen LogP contribution < -0.4 is 10.5 Å². The highest BCUT2D eigenvalue weighted by molar-refractivity contribution is 8.00. The number of nitrogen functional groups attached to an aromatic ring is 1. The van der Waals surface area contributed by atoms with Crippen LogP contribution in [-0.4, -0.2) is 26.0 Å². The van der Waals surface area contributed by atoms with E-state index in [1.165, 1.54) is 23.1 Å². The fraction of sp³-hybridized carbons (Fsp3) is 0.333. The van der Waals surface area contributed by atoms with Crippen molar-refractivity contribution in [3.63, 3.8) is 0 Å². The predicted molar refractivity (Wildman–Crippen MR) is 66.2 cm³/mol. The smallest absolute Gasteiger partial charge is 0.322 e. The molecule has 0 aromatic carbocycles. The highest BCUT2D eigenvalue weighted by atomic mass is 32.2. The van der Waals surface area contributed by atoms with Crippen LogP contribution in [0.25, 0.3) is 0 Å². The van der Waals surface area contributed by atoms with Gasteiger partial charge in [-0.25, -0.2) is 4.98 Å². The van der Waals surface area contributed by atoms with Gasteiger partial charge in [0, 0.05) is 11.6 Å². The minimum atomic E-state index is -0.00508. The molecule has 0 saturated carbocycles. The van der Waals surface area contributed by atoms with Gasteiger partial charge in [-0.3, -0.25) is 0 Å². The molecule has 6 nitrogen and oxygen atoms in total. The summed E-state index contributed by atoms with van der Waals surface area (Å²) in [6.45, 7) is 3.79. The number of anilines is 1. The molecule has 90 valence electrons. The molecule has 2 heterocycles. The van der Waals surface area contributed by atoms with Gasteiger partial charge in [-0.2, -0.15) is 15.0 Å². The summed E-state index contributed by atoms with van der Waals surface area (Å²) >= 11 is 2.85. The van der Waals surface area contributed by atoms with Crippen molar-refractivity contribution in [3.8, 4) is 6.01 Å². The van der Waals surface area contributed by atoms with Crippen LogP contribution in [-0.2, 0) is 0 Å². The molecule has 0 spiro atoms. The summed E-state index contributed by atoms with van der Waals surface area (Å²) in [4.78, 5) is 16.2. The Morgan fingerprint density at radius 1 is 1.35 bits per heavy atom. The Balaban J connectivity index is 2.19. The van der Waals surface area contributed by atoms with Crippen LogP contribution in [0.3, 0.4) is 0 Å². The van der Waals surface area contributed by atoms with Crippen molar-refractivity contribution in [1.29, 1.82) is 0 Å². The molecule has 2 aromatic rings. The molecule has 2 aromatic heterocycles. The molecule has 0 bridgehead atoms. The van der Waals surface area contributed by atoms with Gasteiger partial charge < -0.3 is 10.5 Å². The average molecular weight is 269 g/mol.